The monoisotopic (exact) mass is 405 g/mol. The van der Waals surface area contributed by atoms with Gasteiger partial charge in [0.25, 0.3) is 10.0 Å². The van der Waals surface area contributed by atoms with E-state index in [9.17, 15) is 12.8 Å². The summed E-state index contributed by atoms with van der Waals surface area (Å²) in [5.74, 6) is 0.121. The molecule has 3 aromatic rings. The van der Waals surface area contributed by atoms with E-state index < -0.39 is 15.8 Å². The number of nitrogens with zero attached hydrogens (tertiary/aromatic N) is 1. The summed E-state index contributed by atoms with van der Waals surface area (Å²) in [7, 11) is -2.41. The van der Waals surface area contributed by atoms with Crippen LogP contribution in [-0.4, -0.2) is 15.5 Å². The van der Waals surface area contributed by atoms with Crippen molar-refractivity contribution in [3.05, 3.63) is 89.2 Å². The minimum atomic E-state index is -3.94. The van der Waals surface area contributed by atoms with Crippen LogP contribution in [0.2, 0.25) is 5.02 Å². The van der Waals surface area contributed by atoms with E-state index in [4.69, 9.17) is 16.3 Å². The number of hydrogen-bond acceptors (Lipinski definition) is 3. The van der Waals surface area contributed by atoms with Crippen LogP contribution in [0, 0.1) is 5.82 Å². The molecule has 0 saturated carbocycles. The number of ether oxygens (including phenoxy) is 1. The summed E-state index contributed by atoms with van der Waals surface area (Å²) in [4.78, 5) is 0.0686. The fourth-order valence-corrected chi connectivity index (χ4v) is 4.15. The highest BCUT2D eigenvalue weighted by Crippen LogP contribution is 2.28. The van der Waals surface area contributed by atoms with E-state index in [1.54, 1.807) is 42.5 Å². The molecule has 0 saturated heterocycles. The lowest BCUT2D eigenvalue weighted by molar-refractivity contribution is 0.415. The lowest BCUT2D eigenvalue weighted by Crippen LogP contribution is -2.31. The van der Waals surface area contributed by atoms with Gasteiger partial charge in [-0.05, 0) is 54.6 Å². The number of methoxy groups -OCH3 is 1. The lowest BCUT2D eigenvalue weighted by atomic mass is 10.2. The predicted molar refractivity (Wildman–Crippen MR) is 104 cm³/mol. The summed E-state index contributed by atoms with van der Waals surface area (Å²) in [5.41, 5.74) is 0.667. The normalized spacial score (nSPS) is 11.2. The van der Waals surface area contributed by atoms with Gasteiger partial charge in [0.15, 0.2) is 0 Å². The van der Waals surface area contributed by atoms with Crippen molar-refractivity contribution in [2.75, 3.05) is 11.4 Å². The Kier molecular flexibility index (Phi) is 5.68. The summed E-state index contributed by atoms with van der Waals surface area (Å²) >= 11 is 5.87. The summed E-state index contributed by atoms with van der Waals surface area (Å²) in [6.07, 6.45) is 0. The number of rotatable bonds is 6. The van der Waals surface area contributed by atoms with Gasteiger partial charge in [-0.1, -0.05) is 29.8 Å². The van der Waals surface area contributed by atoms with Gasteiger partial charge in [0.2, 0.25) is 0 Å². The zero-order valence-electron chi connectivity index (χ0n) is 14.5. The van der Waals surface area contributed by atoms with Crippen molar-refractivity contribution in [3.63, 3.8) is 0 Å². The van der Waals surface area contributed by atoms with Crippen LogP contribution in [0.15, 0.2) is 77.7 Å². The molecule has 0 amide bonds. The van der Waals surface area contributed by atoms with Crippen molar-refractivity contribution in [1.29, 1.82) is 0 Å². The van der Waals surface area contributed by atoms with Gasteiger partial charge in [0.05, 0.1) is 24.2 Å². The molecule has 27 heavy (non-hydrogen) atoms. The van der Waals surface area contributed by atoms with Crippen molar-refractivity contribution in [2.45, 2.75) is 11.4 Å². The van der Waals surface area contributed by atoms with Crippen LogP contribution in [-0.2, 0) is 16.6 Å². The summed E-state index contributed by atoms with van der Waals surface area (Å²) in [5, 5.41) is 0.430. The molecule has 0 aliphatic heterocycles. The van der Waals surface area contributed by atoms with Crippen molar-refractivity contribution >= 4 is 27.3 Å². The number of sulfonamides is 1. The highest BCUT2D eigenvalue weighted by atomic mass is 35.5. The molecule has 0 aromatic heterocycles. The van der Waals surface area contributed by atoms with Crippen LogP contribution in [0.1, 0.15) is 5.56 Å². The molecule has 0 atom stereocenters. The molecule has 3 aromatic carbocycles. The van der Waals surface area contributed by atoms with Crippen molar-refractivity contribution in [2.24, 2.45) is 0 Å². The zero-order chi connectivity index (χ0) is 19.4. The minimum absolute atomic E-state index is 0.0686. The highest BCUT2D eigenvalue weighted by molar-refractivity contribution is 7.92. The first kappa shape index (κ1) is 19.2. The highest BCUT2D eigenvalue weighted by Gasteiger charge is 2.26. The summed E-state index contributed by atoms with van der Waals surface area (Å²) in [6, 6.07) is 18.5. The van der Waals surface area contributed by atoms with E-state index in [-0.39, 0.29) is 17.0 Å². The second kappa shape index (κ2) is 7.98. The Morgan fingerprint density at radius 3 is 2.19 bits per heavy atom. The number of halogens is 2. The SMILES string of the molecule is COc1ccc(N(Cc2ccccc2F)S(=O)(=O)c2ccc(Cl)cc2)cc1. The van der Waals surface area contributed by atoms with E-state index in [0.717, 1.165) is 4.31 Å². The van der Waals surface area contributed by atoms with Gasteiger partial charge in [-0.15, -0.1) is 0 Å². The van der Waals surface area contributed by atoms with E-state index in [2.05, 4.69) is 0 Å². The van der Waals surface area contributed by atoms with Crippen molar-refractivity contribution in [3.8, 4) is 5.75 Å². The largest absolute Gasteiger partial charge is 0.497 e. The molecule has 0 radical (unpaired) electrons. The Labute approximate surface area is 162 Å². The molecule has 0 aliphatic rings. The first-order valence-corrected chi connectivity index (χ1v) is 9.89. The zero-order valence-corrected chi connectivity index (χ0v) is 16.0. The molecule has 4 nitrogen and oxygen atoms in total. The smallest absolute Gasteiger partial charge is 0.264 e. The first-order chi connectivity index (χ1) is 12.9. The second-order valence-corrected chi connectivity index (χ2v) is 8.05. The van der Waals surface area contributed by atoms with E-state index >= 15 is 0 Å². The van der Waals surface area contributed by atoms with Crippen LogP contribution >= 0.6 is 11.6 Å². The average Bonchev–Trinajstić information content (AvgIpc) is 2.68. The molecular formula is C20H17ClFNO3S. The van der Waals surface area contributed by atoms with Gasteiger partial charge in [-0.3, -0.25) is 4.31 Å². The molecule has 140 valence electrons. The van der Waals surface area contributed by atoms with E-state index in [1.165, 1.54) is 37.4 Å². The van der Waals surface area contributed by atoms with Crippen LogP contribution < -0.4 is 9.04 Å². The molecule has 0 spiro atoms. The Balaban J connectivity index is 2.08. The Morgan fingerprint density at radius 2 is 1.59 bits per heavy atom. The van der Waals surface area contributed by atoms with Crippen molar-refractivity contribution in [1.82, 2.24) is 0 Å². The van der Waals surface area contributed by atoms with Crippen LogP contribution in [0.4, 0.5) is 10.1 Å². The topological polar surface area (TPSA) is 46.6 Å². The van der Waals surface area contributed by atoms with E-state index in [1.807, 2.05) is 0 Å². The maximum atomic E-state index is 14.2. The summed E-state index contributed by atoms with van der Waals surface area (Å²) < 4.78 is 46.9. The van der Waals surface area contributed by atoms with Crippen LogP contribution in [0.3, 0.4) is 0 Å². The van der Waals surface area contributed by atoms with Gasteiger partial charge in [-0.25, -0.2) is 12.8 Å². The third-order valence-corrected chi connectivity index (χ3v) is 6.07. The predicted octanol–water partition coefficient (Wildman–Crippen LogP) is 4.88. The minimum Gasteiger partial charge on any atom is -0.497 e. The standard InChI is InChI=1S/C20H17ClFNO3S/c1-26-18-10-8-17(9-11-18)23(14-15-4-2-3-5-20(15)22)27(24,25)19-12-6-16(21)7-13-19/h2-13H,14H2,1H3. The fourth-order valence-electron chi connectivity index (χ4n) is 2.58. The number of anilines is 1. The number of hydrogen-bond donors (Lipinski definition) is 0. The Morgan fingerprint density at radius 1 is 0.963 bits per heavy atom. The van der Waals surface area contributed by atoms with Crippen molar-refractivity contribution < 1.29 is 17.5 Å². The molecule has 7 heteroatoms. The lowest BCUT2D eigenvalue weighted by Gasteiger charge is -2.25. The van der Waals surface area contributed by atoms with Gasteiger partial charge in [0.1, 0.15) is 11.6 Å². The molecule has 0 N–H and O–H groups in total. The molecule has 3 rings (SSSR count). The van der Waals surface area contributed by atoms with Gasteiger partial charge in [0, 0.05) is 10.6 Å². The summed E-state index contributed by atoms with van der Waals surface area (Å²) in [6.45, 7) is -0.149. The Bertz CT molecular complexity index is 1020. The molecule has 0 fully saturated rings. The molecule has 0 aliphatic carbocycles. The first-order valence-electron chi connectivity index (χ1n) is 8.07. The molecular weight excluding hydrogens is 389 g/mol. The number of benzene rings is 3. The third-order valence-electron chi connectivity index (χ3n) is 4.03. The van der Waals surface area contributed by atoms with Crippen LogP contribution in [0.25, 0.3) is 0 Å². The van der Waals surface area contributed by atoms with Gasteiger partial charge in [-0.2, -0.15) is 0 Å². The van der Waals surface area contributed by atoms with Gasteiger partial charge >= 0.3 is 0 Å². The molecule has 0 bridgehead atoms. The maximum Gasteiger partial charge on any atom is 0.264 e. The third kappa shape index (κ3) is 4.23. The van der Waals surface area contributed by atoms with E-state index in [0.29, 0.717) is 16.5 Å². The fraction of sp³-hybridized carbons (Fsp3) is 0.100. The average molecular weight is 406 g/mol. The maximum absolute atomic E-state index is 14.2. The second-order valence-electron chi connectivity index (χ2n) is 5.76. The molecule has 0 heterocycles. The Hall–Kier alpha value is -2.57. The van der Waals surface area contributed by atoms with Gasteiger partial charge < -0.3 is 4.74 Å². The molecule has 0 unspecified atom stereocenters. The quantitative estimate of drug-likeness (QED) is 0.587. The van der Waals surface area contributed by atoms with Crippen LogP contribution in [0.5, 0.6) is 5.75 Å².